The molecule has 3 aromatic carbocycles. The summed E-state index contributed by atoms with van der Waals surface area (Å²) >= 11 is 3.43. The maximum Gasteiger partial charge on any atom is 0.293 e. The fraction of sp³-hybridized carbons (Fsp3) is 0.0435. The van der Waals surface area contributed by atoms with E-state index in [0.717, 1.165) is 4.47 Å². The standard InChI is InChI=1S/C23H19BrN2O4/c1-26(29)23(28)20(25-22(27)17-7-3-2-4-8-17)15-16-11-13-18(14-12-16)30-21-10-6-5-9-19(21)24/h2-15,29H,1H3,(H,25,27)/b20-15+. The molecule has 0 saturated heterocycles. The number of nitrogens with zero attached hydrogens (tertiary/aromatic N) is 1. The van der Waals surface area contributed by atoms with Crippen LogP contribution in [0.15, 0.2) is 89.0 Å². The lowest BCUT2D eigenvalue weighted by Crippen LogP contribution is -2.34. The molecule has 0 spiro atoms. The molecule has 2 N–H and O–H groups in total. The molecule has 0 saturated carbocycles. The Morgan fingerprint density at radius 3 is 2.23 bits per heavy atom. The molecule has 3 rings (SSSR count). The summed E-state index contributed by atoms with van der Waals surface area (Å²) in [7, 11) is 1.19. The van der Waals surface area contributed by atoms with Gasteiger partial charge in [-0.3, -0.25) is 14.8 Å². The van der Waals surface area contributed by atoms with E-state index in [1.54, 1.807) is 54.6 Å². The van der Waals surface area contributed by atoms with Crippen molar-refractivity contribution in [3.63, 3.8) is 0 Å². The first-order chi connectivity index (χ1) is 14.4. The van der Waals surface area contributed by atoms with Crippen LogP contribution in [0.5, 0.6) is 11.5 Å². The third-order valence-corrected chi connectivity index (χ3v) is 4.72. The first-order valence-electron chi connectivity index (χ1n) is 9.01. The van der Waals surface area contributed by atoms with Gasteiger partial charge in [-0.25, -0.2) is 5.06 Å². The number of hydrogen-bond donors (Lipinski definition) is 2. The van der Waals surface area contributed by atoms with Crippen molar-refractivity contribution in [3.8, 4) is 11.5 Å². The second-order valence-electron chi connectivity index (χ2n) is 6.31. The molecule has 0 unspecified atom stereocenters. The van der Waals surface area contributed by atoms with E-state index < -0.39 is 11.8 Å². The van der Waals surface area contributed by atoms with Crippen LogP contribution in [0.1, 0.15) is 15.9 Å². The van der Waals surface area contributed by atoms with Gasteiger partial charge >= 0.3 is 0 Å². The molecular weight excluding hydrogens is 448 g/mol. The summed E-state index contributed by atoms with van der Waals surface area (Å²) in [5.74, 6) is 0.0898. The summed E-state index contributed by atoms with van der Waals surface area (Å²) in [5.41, 5.74) is 0.982. The maximum absolute atomic E-state index is 12.4. The van der Waals surface area contributed by atoms with Gasteiger partial charge in [0.15, 0.2) is 0 Å². The fourth-order valence-corrected chi connectivity index (χ4v) is 2.93. The maximum atomic E-state index is 12.4. The van der Waals surface area contributed by atoms with Crippen LogP contribution >= 0.6 is 15.9 Å². The number of halogens is 1. The Morgan fingerprint density at radius 2 is 1.60 bits per heavy atom. The first-order valence-corrected chi connectivity index (χ1v) is 9.81. The highest BCUT2D eigenvalue weighted by Crippen LogP contribution is 2.29. The summed E-state index contributed by atoms with van der Waals surface area (Å²) in [6.07, 6.45) is 1.48. The zero-order valence-electron chi connectivity index (χ0n) is 16.1. The van der Waals surface area contributed by atoms with Gasteiger partial charge in [-0.1, -0.05) is 42.5 Å². The zero-order valence-corrected chi connectivity index (χ0v) is 17.7. The highest BCUT2D eigenvalue weighted by molar-refractivity contribution is 9.10. The van der Waals surface area contributed by atoms with Crippen LogP contribution in [-0.2, 0) is 4.79 Å². The number of likely N-dealkylation sites (N-methyl/N-ethyl adjacent to an activating group) is 1. The van der Waals surface area contributed by atoms with Crippen LogP contribution in [0.25, 0.3) is 6.08 Å². The van der Waals surface area contributed by atoms with Gasteiger partial charge in [0, 0.05) is 12.6 Å². The third kappa shape index (κ3) is 5.56. The molecule has 7 heteroatoms. The molecule has 0 aliphatic rings. The van der Waals surface area contributed by atoms with Crippen molar-refractivity contribution < 1.29 is 19.5 Å². The van der Waals surface area contributed by atoms with Crippen molar-refractivity contribution >= 4 is 33.8 Å². The van der Waals surface area contributed by atoms with Gasteiger partial charge in [-0.05, 0) is 64.0 Å². The number of amides is 2. The topological polar surface area (TPSA) is 78.9 Å². The third-order valence-electron chi connectivity index (χ3n) is 4.06. The lowest BCUT2D eigenvalue weighted by atomic mass is 10.1. The molecule has 0 aliphatic heterocycles. The Morgan fingerprint density at radius 1 is 0.967 bits per heavy atom. The Balaban J connectivity index is 1.81. The lowest BCUT2D eigenvalue weighted by Gasteiger charge is -2.13. The monoisotopic (exact) mass is 466 g/mol. The first kappa shape index (κ1) is 21.3. The summed E-state index contributed by atoms with van der Waals surface area (Å²) < 4.78 is 6.65. The highest BCUT2D eigenvalue weighted by atomic mass is 79.9. The van der Waals surface area contributed by atoms with Crippen LogP contribution in [-0.4, -0.2) is 29.1 Å². The second kappa shape index (κ2) is 9.87. The van der Waals surface area contributed by atoms with E-state index in [9.17, 15) is 14.8 Å². The Hall–Kier alpha value is -3.42. The van der Waals surface area contributed by atoms with Gasteiger partial charge in [0.05, 0.1) is 4.47 Å². The number of para-hydroxylation sites is 1. The number of rotatable bonds is 6. The Labute approximate surface area is 182 Å². The Kier molecular flexibility index (Phi) is 7.00. The largest absolute Gasteiger partial charge is 0.456 e. The summed E-state index contributed by atoms with van der Waals surface area (Å²) in [4.78, 5) is 24.8. The molecular formula is C23H19BrN2O4. The number of ether oxygens (including phenoxy) is 1. The average Bonchev–Trinajstić information content (AvgIpc) is 2.76. The number of hydroxylamine groups is 2. The Bertz CT molecular complexity index is 1060. The quantitative estimate of drug-likeness (QED) is 0.308. The van der Waals surface area contributed by atoms with Crippen molar-refractivity contribution in [3.05, 3.63) is 100 Å². The van der Waals surface area contributed by atoms with Crippen molar-refractivity contribution in [2.45, 2.75) is 0 Å². The van der Waals surface area contributed by atoms with Gasteiger partial charge in [0.2, 0.25) is 0 Å². The molecule has 30 heavy (non-hydrogen) atoms. The van der Waals surface area contributed by atoms with Crippen molar-refractivity contribution in [2.24, 2.45) is 0 Å². The second-order valence-corrected chi connectivity index (χ2v) is 7.16. The molecule has 0 heterocycles. The van der Waals surface area contributed by atoms with Gasteiger partial charge in [0.25, 0.3) is 11.8 Å². The van der Waals surface area contributed by atoms with E-state index in [4.69, 9.17) is 4.74 Å². The van der Waals surface area contributed by atoms with Crippen LogP contribution in [0.4, 0.5) is 0 Å². The number of nitrogens with one attached hydrogen (secondary N) is 1. The lowest BCUT2D eigenvalue weighted by molar-refractivity contribution is -0.154. The van der Waals surface area contributed by atoms with Gasteiger partial charge in [-0.2, -0.15) is 0 Å². The van der Waals surface area contributed by atoms with Gasteiger partial charge in [-0.15, -0.1) is 0 Å². The molecule has 2 amide bonds. The van der Waals surface area contributed by atoms with Crippen molar-refractivity contribution in [1.82, 2.24) is 10.4 Å². The van der Waals surface area contributed by atoms with E-state index in [1.165, 1.54) is 13.1 Å². The van der Waals surface area contributed by atoms with Crippen LogP contribution in [0.3, 0.4) is 0 Å². The highest BCUT2D eigenvalue weighted by Gasteiger charge is 2.17. The van der Waals surface area contributed by atoms with Crippen LogP contribution < -0.4 is 10.1 Å². The van der Waals surface area contributed by atoms with E-state index >= 15 is 0 Å². The SMILES string of the molecule is CN(O)C(=O)/C(=C\c1ccc(Oc2ccccc2Br)cc1)NC(=O)c1ccccc1. The minimum Gasteiger partial charge on any atom is -0.456 e. The van der Waals surface area contributed by atoms with Gasteiger partial charge < -0.3 is 10.1 Å². The molecule has 3 aromatic rings. The number of carbonyl (C=O) groups is 2. The minimum absolute atomic E-state index is 0.0617. The van der Waals surface area contributed by atoms with E-state index in [1.807, 2.05) is 24.3 Å². The summed E-state index contributed by atoms with van der Waals surface area (Å²) in [6, 6.07) is 23.0. The summed E-state index contributed by atoms with van der Waals surface area (Å²) in [6.45, 7) is 0. The van der Waals surface area contributed by atoms with Gasteiger partial charge in [0.1, 0.15) is 17.2 Å². The smallest absolute Gasteiger partial charge is 0.293 e. The number of hydrogen-bond acceptors (Lipinski definition) is 4. The molecule has 0 bridgehead atoms. The molecule has 0 fully saturated rings. The molecule has 0 aliphatic carbocycles. The minimum atomic E-state index is -0.743. The molecule has 0 atom stereocenters. The predicted octanol–water partition coefficient (Wildman–Crippen LogP) is 4.86. The van der Waals surface area contributed by atoms with E-state index in [0.29, 0.717) is 27.7 Å². The van der Waals surface area contributed by atoms with Crippen LogP contribution in [0, 0.1) is 0 Å². The predicted molar refractivity (Wildman–Crippen MR) is 117 cm³/mol. The van der Waals surface area contributed by atoms with Crippen LogP contribution in [0.2, 0.25) is 0 Å². The van der Waals surface area contributed by atoms with Crippen molar-refractivity contribution in [2.75, 3.05) is 7.05 Å². The number of carbonyl (C=O) groups excluding carboxylic acids is 2. The molecule has 152 valence electrons. The normalized spacial score (nSPS) is 11.0. The summed E-state index contributed by atoms with van der Waals surface area (Å²) in [5, 5.41) is 12.5. The molecule has 0 radical (unpaired) electrons. The molecule has 0 aromatic heterocycles. The zero-order chi connectivity index (χ0) is 21.5. The fourth-order valence-electron chi connectivity index (χ4n) is 2.56. The molecule has 6 nitrogen and oxygen atoms in total. The van der Waals surface area contributed by atoms with E-state index in [2.05, 4.69) is 21.2 Å². The number of benzene rings is 3. The van der Waals surface area contributed by atoms with Crippen molar-refractivity contribution in [1.29, 1.82) is 0 Å². The average molecular weight is 467 g/mol. The van der Waals surface area contributed by atoms with E-state index in [-0.39, 0.29) is 5.70 Å².